The van der Waals surface area contributed by atoms with E-state index in [0.29, 0.717) is 0 Å². The summed E-state index contributed by atoms with van der Waals surface area (Å²) in [7, 11) is 0. The van der Waals surface area contributed by atoms with Crippen molar-refractivity contribution in [1.29, 1.82) is 0 Å². The van der Waals surface area contributed by atoms with Crippen LogP contribution in [0.25, 0.3) is 5.69 Å². The highest BCUT2D eigenvalue weighted by molar-refractivity contribution is 9.10. The first-order valence-electron chi connectivity index (χ1n) is 7.59. The fourth-order valence-electron chi connectivity index (χ4n) is 3.03. The van der Waals surface area contributed by atoms with Crippen LogP contribution in [0, 0.1) is 0 Å². The molecule has 2 N–H and O–H groups in total. The molecule has 4 nitrogen and oxygen atoms in total. The topological polar surface area (TPSA) is 47.1 Å². The maximum Gasteiger partial charge on any atom is 0.132 e. The number of hydrogen-bond donors (Lipinski definition) is 1. The third kappa shape index (κ3) is 2.78. The number of halogens is 1. The first kappa shape index (κ1) is 14.5. The Labute approximate surface area is 143 Å². The summed E-state index contributed by atoms with van der Waals surface area (Å²) >= 11 is 3.45. The molecule has 0 atom stereocenters. The maximum absolute atomic E-state index is 6.34. The van der Waals surface area contributed by atoms with Crippen LogP contribution < -0.4 is 5.73 Å². The monoisotopic (exact) mass is 368 g/mol. The Hall–Kier alpha value is -2.11. The molecule has 0 aliphatic carbocycles. The summed E-state index contributed by atoms with van der Waals surface area (Å²) < 4.78 is 2.89. The molecular weight excluding hydrogens is 352 g/mol. The van der Waals surface area contributed by atoms with Gasteiger partial charge in [-0.3, -0.25) is 4.90 Å². The summed E-state index contributed by atoms with van der Waals surface area (Å²) in [5.74, 6) is 0.748. The van der Waals surface area contributed by atoms with Crippen LogP contribution in [0.5, 0.6) is 0 Å². The molecule has 2 heterocycles. The lowest BCUT2D eigenvalue weighted by Crippen LogP contribution is -2.17. The predicted octanol–water partition coefficient (Wildman–Crippen LogP) is 3.73. The average molecular weight is 369 g/mol. The minimum Gasteiger partial charge on any atom is -0.383 e. The molecule has 0 bridgehead atoms. The van der Waals surface area contributed by atoms with Crippen molar-refractivity contribution in [2.45, 2.75) is 19.6 Å². The molecule has 0 saturated heterocycles. The smallest absolute Gasteiger partial charge is 0.132 e. The van der Waals surface area contributed by atoms with Gasteiger partial charge >= 0.3 is 0 Å². The number of anilines is 1. The van der Waals surface area contributed by atoms with E-state index < -0.39 is 0 Å². The van der Waals surface area contributed by atoms with Crippen molar-refractivity contribution in [3.63, 3.8) is 0 Å². The van der Waals surface area contributed by atoms with Crippen LogP contribution in [0.3, 0.4) is 0 Å². The second-order valence-electron chi connectivity index (χ2n) is 5.83. The SMILES string of the molecule is Nc1c2c(nn1-c1ccc(Br)cc1)CN(Cc1ccccc1)C2. The quantitative estimate of drug-likeness (QED) is 0.765. The summed E-state index contributed by atoms with van der Waals surface area (Å²) in [5, 5.41) is 4.72. The lowest BCUT2D eigenvalue weighted by atomic mass is 10.2. The summed E-state index contributed by atoms with van der Waals surface area (Å²) in [6, 6.07) is 18.5. The van der Waals surface area contributed by atoms with Crippen LogP contribution in [0.1, 0.15) is 16.8 Å². The molecule has 2 aromatic carbocycles. The Balaban J connectivity index is 1.56. The molecule has 0 saturated carbocycles. The number of fused-ring (bicyclic) bond motifs is 1. The van der Waals surface area contributed by atoms with Gasteiger partial charge in [0.15, 0.2) is 0 Å². The molecule has 23 heavy (non-hydrogen) atoms. The van der Waals surface area contributed by atoms with Crippen molar-refractivity contribution in [1.82, 2.24) is 14.7 Å². The van der Waals surface area contributed by atoms with E-state index in [2.05, 4.69) is 45.1 Å². The van der Waals surface area contributed by atoms with Gasteiger partial charge in [0, 0.05) is 29.7 Å². The van der Waals surface area contributed by atoms with Gasteiger partial charge in [-0.25, -0.2) is 4.68 Å². The molecule has 3 aromatic rings. The predicted molar refractivity (Wildman–Crippen MR) is 95.1 cm³/mol. The highest BCUT2D eigenvalue weighted by atomic mass is 79.9. The van der Waals surface area contributed by atoms with Crippen LogP contribution in [0.4, 0.5) is 5.82 Å². The summed E-state index contributed by atoms with van der Waals surface area (Å²) in [6.07, 6.45) is 0. The van der Waals surface area contributed by atoms with Gasteiger partial charge in [-0.05, 0) is 29.8 Å². The van der Waals surface area contributed by atoms with E-state index >= 15 is 0 Å². The Kier molecular flexibility index (Phi) is 3.67. The Morgan fingerprint density at radius 1 is 1.00 bits per heavy atom. The van der Waals surface area contributed by atoms with Gasteiger partial charge in [-0.15, -0.1) is 0 Å². The molecule has 0 fully saturated rings. The summed E-state index contributed by atoms with van der Waals surface area (Å²) in [6.45, 7) is 2.62. The zero-order valence-electron chi connectivity index (χ0n) is 12.6. The molecule has 116 valence electrons. The zero-order chi connectivity index (χ0) is 15.8. The number of nitrogen functional groups attached to an aromatic ring is 1. The fourth-order valence-corrected chi connectivity index (χ4v) is 3.30. The van der Waals surface area contributed by atoms with Gasteiger partial charge < -0.3 is 5.73 Å². The van der Waals surface area contributed by atoms with Crippen molar-refractivity contribution in [2.75, 3.05) is 5.73 Å². The van der Waals surface area contributed by atoms with Gasteiger partial charge in [0.2, 0.25) is 0 Å². The van der Waals surface area contributed by atoms with Crippen LogP contribution >= 0.6 is 15.9 Å². The number of nitrogens with two attached hydrogens (primary N) is 1. The average Bonchev–Trinajstić information content (AvgIpc) is 3.08. The van der Waals surface area contributed by atoms with E-state index in [4.69, 9.17) is 10.8 Å². The Morgan fingerprint density at radius 2 is 1.74 bits per heavy atom. The normalized spacial score (nSPS) is 14.1. The number of aromatic nitrogens is 2. The number of rotatable bonds is 3. The van der Waals surface area contributed by atoms with Crippen LogP contribution in [0.2, 0.25) is 0 Å². The second kappa shape index (κ2) is 5.83. The lowest BCUT2D eigenvalue weighted by molar-refractivity contribution is 0.272. The second-order valence-corrected chi connectivity index (χ2v) is 6.75. The largest absolute Gasteiger partial charge is 0.383 e. The highest BCUT2D eigenvalue weighted by Crippen LogP contribution is 2.30. The molecule has 4 rings (SSSR count). The van der Waals surface area contributed by atoms with Gasteiger partial charge in [0.1, 0.15) is 5.82 Å². The maximum atomic E-state index is 6.34. The van der Waals surface area contributed by atoms with E-state index in [1.54, 1.807) is 0 Å². The van der Waals surface area contributed by atoms with Crippen molar-refractivity contribution in [2.24, 2.45) is 0 Å². The highest BCUT2D eigenvalue weighted by Gasteiger charge is 2.26. The Bertz CT molecular complexity index is 824. The lowest BCUT2D eigenvalue weighted by Gasteiger charge is -2.15. The van der Waals surface area contributed by atoms with Gasteiger partial charge in [-0.1, -0.05) is 46.3 Å². The molecule has 1 aliphatic heterocycles. The van der Waals surface area contributed by atoms with Crippen LogP contribution in [-0.4, -0.2) is 14.7 Å². The van der Waals surface area contributed by atoms with E-state index in [1.807, 2.05) is 35.0 Å². The number of hydrogen-bond acceptors (Lipinski definition) is 3. The standard InChI is InChI=1S/C18H17BrN4/c19-14-6-8-15(9-7-14)23-18(20)16-11-22(12-17(16)21-23)10-13-4-2-1-3-5-13/h1-9H,10-12,20H2. The van der Waals surface area contributed by atoms with Crippen molar-refractivity contribution < 1.29 is 0 Å². The fraction of sp³-hybridized carbons (Fsp3) is 0.167. The molecule has 5 heteroatoms. The van der Waals surface area contributed by atoms with E-state index in [9.17, 15) is 0 Å². The van der Waals surface area contributed by atoms with E-state index in [0.717, 1.165) is 46.9 Å². The third-order valence-corrected chi connectivity index (χ3v) is 4.71. The molecule has 1 aromatic heterocycles. The zero-order valence-corrected chi connectivity index (χ0v) is 14.2. The van der Waals surface area contributed by atoms with Crippen molar-refractivity contribution in [3.05, 3.63) is 75.9 Å². The number of benzene rings is 2. The summed E-state index contributed by atoms with van der Waals surface area (Å²) in [5.41, 5.74) is 10.9. The van der Waals surface area contributed by atoms with Gasteiger partial charge in [-0.2, -0.15) is 5.10 Å². The van der Waals surface area contributed by atoms with Crippen molar-refractivity contribution in [3.8, 4) is 5.69 Å². The van der Waals surface area contributed by atoms with Gasteiger partial charge in [0.25, 0.3) is 0 Å². The Morgan fingerprint density at radius 3 is 2.43 bits per heavy atom. The first-order chi connectivity index (χ1) is 11.2. The molecule has 0 unspecified atom stereocenters. The molecular formula is C18H17BrN4. The number of nitrogens with zero attached hydrogens (tertiary/aromatic N) is 3. The van der Waals surface area contributed by atoms with E-state index in [-0.39, 0.29) is 0 Å². The minimum absolute atomic E-state index is 0.748. The minimum atomic E-state index is 0.748. The van der Waals surface area contributed by atoms with Crippen molar-refractivity contribution >= 4 is 21.7 Å². The first-order valence-corrected chi connectivity index (χ1v) is 8.38. The molecule has 0 spiro atoms. The van der Waals surface area contributed by atoms with Gasteiger partial charge in [0.05, 0.1) is 11.4 Å². The molecule has 0 amide bonds. The van der Waals surface area contributed by atoms with E-state index in [1.165, 1.54) is 5.56 Å². The summed E-state index contributed by atoms with van der Waals surface area (Å²) in [4.78, 5) is 2.37. The van der Waals surface area contributed by atoms with Crippen LogP contribution in [-0.2, 0) is 19.6 Å². The van der Waals surface area contributed by atoms with Crippen LogP contribution in [0.15, 0.2) is 59.1 Å². The third-order valence-electron chi connectivity index (χ3n) is 4.18. The molecule has 1 aliphatic rings. The molecule has 0 radical (unpaired) electrons.